The van der Waals surface area contributed by atoms with Crippen molar-refractivity contribution in [3.8, 4) is 0 Å². The number of amides is 1. The zero-order valence-electron chi connectivity index (χ0n) is 16.6. The number of aromatic nitrogens is 2. The first-order valence-electron chi connectivity index (χ1n) is 9.13. The fourth-order valence-corrected chi connectivity index (χ4v) is 3.62. The van der Waals surface area contributed by atoms with Gasteiger partial charge in [-0.3, -0.25) is 4.79 Å². The molecular formula is C21H25N5OS. The van der Waals surface area contributed by atoms with Crippen molar-refractivity contribution in [2.24, 2.45) is 0 Å². The molecule has 1 aromatic carbocycles. The van der Waals surface area contributed by atoms with E-state index in [9.17, 15) is 4.79 Å². The van der Waals surface area contributed by atoms with Crippen molar-refractivity contribution in [2.45, 2.75) is 26.7 Å². The number of hydrogen-bond donors (Lipinski definition) is 2. The maximum atomic E-state index is 12.2. The van der Waals surface area contributed by atoms with Crippen molar-refractivity contribution in [3.63, 3.8) is 0 Å². The number of hydrogen-bond acceptors (Lipinski definition) is 6. The van der Waals surface area contributed by atoms with E-state index in [0.717, 1.165) is 29.3 Å². The average Bonchev–Trinajstić information content (AvgIpc) is 3.06. The van der Waals surface area contributed by atoms with Gasteiger partial charge in [0.15, 0.2) is 0 Å². The zero-order valence-corrected chi connectivity index (χ0v) is 17.4. The lowest BCUT2D eigenvalue weighted by Crippen LogP contribution is -2.13. The van der Waals surface area contributed by atoms with E-state index in [1.165, 1.54) is 10.4 Å². The van der Waals surface area contributed by atoms with E-state index < -0.39 is 0 Å². The van der Waals surface area contributed by atoms with Crippen molar-refractivity contribution in [3.05, 3.63) is 57.9 Å². The Balaban J connectivity index is 1.57. The van der Waals surface area contributed by atoms with Gasteiger partial charge in [-0.15, -0.1) is 11.3 Å². The number of carbonyl (C=O) groups excluding carboxylic acids is 1. The smallest absolute Gasteiger partial charge is 0.229 e. The lowest BCUT2D eigenvalue weighted by molar-refractivity contribution is -0.116. The molecular weight excluding hydrogens is 370 g/mol. The van der Waals surface area contributed by atoms with E-state index in [1.807, 2.05) is 56.3 Å². The number of nitrogens with zero attached hydrogens (tertiary/aromatic N) is 3. The number of carbonyl (C=O) groups is 1. The highest BCUT2D eigenvalue weighted by Crippen LogP contribution is 2.20. The normalized spacial score (nSPS) is 10.6. The van der Waals surface area contributed by atoms with Gasteiger partial charge in [-0.1, -0.05) is 0 Å². The second kappa shape index (κ2) is 8.84. The second-order valence-electron chi connectivity index (χ2n) is 6.86. The van der Waals surface area contributed by atoms with Gasteiger partial charge >= 0.3 is 0 Å². The molecule has 0 unspecified atom stereocenters. The van der Waals surface area contributed by atoms with Gasteiger partial charge in [0.2, 0.25) is 11.9 Å². The standard InChI is InChI=1S/C21H25N5OS/c1-14-11-12-28-18(14)9-10-20(27)23-16-5-7-17(8-6-16)24-21-22-15(2)13-19(25-21)26(3)4/h5-8,11-13H,9-10H2,1-4H3,(H,23,27)(H,22,24,25). The quantitative estimate of drug-likeness (QED) is 0.615. The summed E-state index contributed by atoms with van der Waals surface area (Å²) in [5, 5.41) is 8.22. The number of aryl methyl sites for hydroxylation is 3. The molecule has 0 fully saturated rings. The van der Waals surface area contributed by atoms with Gasteiger partial charge in [-0.05, 0) is 61.5 Å². The molecule has 0 spiro atoms. The summed E-state index contributed by atoms with van der Waals surface area (Å²) >= 11 is 1.70. The maximum Gasteiger partial charge on any atom is 0.229 e. The Bertz CT molecular complexity index is 950. The molecule has 1 amide bonds. The third-order valence-corrected chi connectivity index (χ3v) is 5.35. The van der Waals surface area contributed by atoms with Gasteiger partial charge in [0.25, 0.3) is 0 Å². The van der Waals surface area contributed by atoms with Crippen LogP contribution in [0.3, 0.4) is 0 Å². The molecule has 0 aliphatic rings. The minimum atomic E-state index is 0.0196. The topological polar surface area (TPSA) is 70.2 Å². The summed E-state index contributed by atoms with van der Waals surface area (Å²) in [5.74, 6) is 1.41. The number of thiophene rings is 1. The minimum Gasteiger partial charge on any atom is -0.363 e. The summed E-state index contributed by atoms with van der Waals surface area (Å²) in [5.41, 5.74) is 3.79. The number of anilines is 4. The predicted octanol–water partition coefficient (Wildman–Crippen LogP) is 4.54. The molecule has 146 valence electrons. The summed E-state index contributed by atoms with van der Waals surface area (Å²) in [6, 6.07) is 11.6. The van der Waals surface area contributed by atoms with Crippen molar-refractivity contribution < 1.29 is 4.79 Å². The average molecular weight is 396 g/mol. The molecule has 0 bridgehead atoms. The highest BCUT2D eigenvalue weighted by atomic mass is 32.1. The summed E-state index contributed by atoms with van der Waals surface area (Å²) in [6.45, 7) is 4.02. The fraction of sp³-hybridized carbons (Fsp3) is 0.286. The molecule has 3 rings (SSSR count). The molecule has 28 heavy (non-hydrogen) atoms. The summed E-state index contributed by atoms with van der Waals surface area (Å²) in [7, 11) is 3.89. The van der Waals surface area contributed by atoms with Crippen molar-refractivity contribution in [1.82, 2.24) is 9.97 Å². The van der Waals surface area contributed by atoms with Crippen LogP contribution in [0.4, 0.5) is 23.1 Å². The Labute approximate surface area is 169 Å². The van der Waals surface area contributed by atoms with E-state index in [2.05, 4.69) is 39.0 Å². The van der Waals surface area contributed by atoms with Gasteiger partial charge in [0.05, 0.1) is 0 Å². The van der Waals surface area contributed by atoms with Crippen LogP contribution in [0.2, 0.25) is 0 Å². The molecule has 0 radical (unpaired) electrons. The van der Waals surface area contributed by atoms with Crippen LogP contribution >= 0.6 is 11.3 Å². The third kappa shape index (κ3) is 5.29. The van der Waals surface area contributed by atoms with Crippen LogP contribution in [0.5, 0.6) is 0 Å². The Morgan fingerprint density at radius 1 is 1.07 bits per heavy atom. The van der Waals surface area contributed by atoms with Crippen LogP contribution < -0.4 is 15.5 Å². The zero-order chi connectivity index (χ0) is 20.1. The van der Waals surface area contributed by atoms with Crippen LogP contribution in [0.1, 0.15) is 22.6 Å². The van der Waals surface area contributed by atoms with Crippen molar-refractivity contribution >= 4 is 40.4 Å². The Kier molecular flexibility index (Phi) is 6.26. The molecule has 0 atom stereocenters. The second-order valence-corrected chi connectivity index (χ2v) is 7.86. The van der Waals surface area contributed by atoms with Crippen molar-refractivity contribution in [2.75, 3.05) is 29.6 Å². The van der Waals surface area contributed by atoms with Gasteiger partial charge in [0.1, 0.15) is 5.82 Å². The largest absolute Gasteiger partial charge is 0.363 e. The first-order chi connectivity index (χ1) is 13.4. The molecule has 2 aromatic heterocycles. The molecule has 2 heterocycles. The van der Waals surface area contributed by atoms with Crippen LogP contribution in [0.25, 0.3) is 0 Å². The van der Waals surface area contributed by atoms with E-state index >= 15 is 0 Å². The molecule has 0 aliphatic heterocycles. The van der Waals surface area contributed by atoms with Gasteiger partial charge in [-0.2, -0.15) is 4.98 Å². The van der Waals surface area contributed by atoms with Crippen LogP contribution in [-0.2, 0) is 11.2 Å². The Morgan fingerprint density at radius 2 is 1.79 bits per heavy atom. The van der Waals surface area contributed by atoms with E-state index in [4.69, 9.17) is 0 Å². The Hall–Kier alpha value is -2.93. The lowest BCUT2D eigenvalue weighted by atomic mass is 10.2. The molecule has 6 nitrogen and oxygen atoms in total. The number of rotatable bonds is 7. The third-order valence-electron chi connectivity index (χ3n) is 4.27. The van der Waals surface area contributed by atoms with Crippen molar-refractivity contribution in [1.29, 1.82) is 0 Å². The van der Waals surface area contributed by atoms with E-state index in [0.29, 0.717) is 12.4 Å². The molecule has 0 saturated heterocycles. The number of benzene rings is 1. The van der Waals surface area contributed by atoms with Crippen LogP contribution in [-0.4, -0.2) is 30.0 Å². The summed E-state index contributed by atoms with van der Waals surface area (Å²) < 4.78 is 0. The monoisotopic (exact) mass is 395 g/mol. The highest BCUT2D eigenvalue weighted by Gasteiger charge is 2.07. The predicted molar refractivity (Wildman–Crippen MR) is 117 cm³/mol. The van der Waals surface area contributed by atoms with Crippen LogP contribution in [0.15, 0.2) is 41.8 Å². The molecule has 2 N–H and O–H groups in total. The molecule has 0 saturated carbocycles. The highest BCUT2D eigenvalue weighted by molar-refractivity contribution is 7.10. The van der Waals surface area contributed by atoms with E-state index in [-0.39, 0.29) is 5.91 Å². The molecule has 3 aromatic rings. The summed E-state index contributed by atoms with van der Waals surface area (Å²) in [4.78, 5) is 24.3. The first-order valence-corrected chi connectivity index (χ1v) is 10.0. The van der Waals surface area contributed by atoms with Gasteiger partial charge in [-0.25, -0.2) is 4.98 Å². The lowest BCUT2D eigenvalue weighted by Gasteiger charge is -2.14. The van der Waals surface area contributed by atoms with Gasteiger partial charge in [0, 0.05) is 48.5 Å². The van der Waals surface area contributed by atoms with Crippen LogP contribution in [0, 0.1) is 13.8 Å². The molecule has 7 heteroatoms. The minimum absolute atomic E-state index is 0.0196. The fourth-order valence-electron chi connectivity index (χ4n) is 2.71. The summed E-state index contributed by atoms with van der Waals surface area (Å²) in [6.07, 6.45) is 1.25. The Morgan fingerprint density at radius 3 is 2.43 bits per heavy atom. The molecule has 0 aliphatic carbocycles. The maximum absolute atomic E-state index is 12.2. The van der Waals surface area contributed by atoms with E-state index in [1.54, 1.807) is 11.3 Å². The SMILES string of the molecule is Cc1cc(N(C)C)nc(Nc2ccc(NC(=O)CCc3sccc3C)cc2)n1. The van der Waals surface area contributed by atoms with Gasteiger partial charge < -0.3 is 15.5 Å². The first kappa shape index (κ1) is 19.8. The number of nitrogens with one attached hydrogen (secondary N) is 2.